The number of para-hydroxylation sites is 2. The molecule has 162 valence electrons. The number of fused-ring (bicyclic) bond motifs is 1. The lowest BCUT2D eigenvalue weighted by atomic mass is 10.1. The lowest BCUT2D eigenvalue weighted by Gasteiger charge is -2.08. The molecule has 0 aliphatic carbocycles. The van der Waals surface area contributed by atoms with Gasteiger partial charge in [-0.1, -0.05) is 31.2 Å². The minimum Gasteiger partial charge on any atom is -0.456 e. The van der Waals surface area contributed by atoms with Gasteiger partial charge in [-0.25, -0.2) is 4.79 Å². The molecular formula is C23H25N3O5. The zero-order chi connectivity index (χ0) is 22.4. The number of benzene rings is 2. The van der Waals surface area contributed by atoms with Gasteiger partial charge in [-0.15, -0.1) is 0 Å². The average molecular weight is 423 g/mol. The first kappa shape index (κ1) is 22.0. The minimum absolute atomic E-state index is 0.0346. The maximum absolute atomic E-state index is 12.7. The number of esters is 1. The predicted octanol–water partition coefficient (Wildman–Crippen LogP) is 2.99. The summed E-state index contributed by atoms with van der Waals surface area (Å²) in [6.07, 6.45) is 0.785. The molecule has 0 radical (unpaired) electrons. The van der Waals surface area contributed by atoms with E-state index >= 15 is 0 Å². The second-order valence-electron chi connectivity index (χ2n) is 7.17. The number of nitrogens with one attached hydrogen (secondary N) is 1. The van der Waals surface area contributed by atoms with Crippen LogP contribution in [0.2, 0.25) is 0 Å². The second-order valence-corrected chi connectivity index (χ2v) is 7.17. The van der Waals surface area contributed by atoms with Crippen LogP contribution >= 0.6 is 0 Å². The highest BCUT2D eigenvalue weighted by atomic mass is 16.5. The normalized spacial score (nSPS) is 10.8. The van der Waals surface area contributed by atoms with Crippen LogP contribution in [0.1, 0.15) is 37.0 Å². The molecule has 31 heavy (non-hydrogen) atoms. The van der Waals surface area contributed by atoms with Crippen LogP contribution in [0, 0.1) is 0 Å². The number of amides is 1. The van der Waals surface area contributed by atoms with Crippen LogP contribution in [0.25, 0.3) is 11.0 Å². The molecule has 0 saturated carbocycles. The summed E-state index contributed by atoms with van der Waals surface area (Å²) in [5.41, 5.74) is 2.34. The molecule has 1 N–H and O–H groups in total. The first-order chi connectivity index (χ1) is 14.9. The Morgan fingerprint density at radius 3 is 2.29 bits per heavy atom. The minimum atomic E-state index is -0.577. The number of ether oxygens (including phenoxy) is 1. The Balaban J connectivity index is 1.57. The van der Waals surface area contributed by atoms with Crippen molar-refractivity contribution in [2.75, 3.05) is 11.9 Å². The van der Waals surface area contributed by atoms with Crippen LogP contribution in [0.4, 0.5) is 5.69 Å². The summed E-state index contributed by atoms with van der Waals surface area (Å²) in [5.74, 6) is -1.20. The number of hydrogen-bond acceptors (Lipinski definition) is 5. The van der Waals surface area contributed by atoms with Gasteiger partial charge in [0.1, 0.15) is 0 Å². The molecule has 0 saturated heterocycles. The van der Waals surface area contributed by atoms with Crippen molar-refractivity contribution in [3.63, 3.8) is 0 Å². The molecule has 0 aliphatic heterocycles. The van der Waals surface area contributed by atoms with E-state index in [9.17, 15) is 19.2 Å². The van der Waals surface area contributed by atoms with Gasteiger partial charge < -0.3 is 10.1 Å². The maximum atomic E-state index is 12.7. The molecule has 2 aromatic carbocycles. The number of anilines is 1. The number of rotatable bonds is 9. The molecule has 3 rings (SSSR count). The summed E-state index contributed by atoms with van der Waals surface area (Å²) in [7, 11) is 0. The van der Waals surface area contributed by atoms with Crippen LogP contribution in [-0.2, 0) is 27.4 Å². The zero-order valence-corrected chi connectivity index (χ0v) is 17.6. The SMILES string of the molecule is CCCn1c(=O)n(CCC(=O)OCC(=O)Nc2cccc(C(C)=O)c2)c2ccccc21. The van der Waals surface area contributed by atoms with E-state index < -0.39 is 18.5 Å². The molecule has 8 nitrogen and oxygen atoms in total. The molecule has 0 bridgehead atoms. The first-order valence-electron chi connectivity index (χ1n) is 10.1. The summed E-state index contributed by atoms with van der Waals surface area (Å²) in [4.78, 5) is 48.3. The summed E-state index contributed by atoms with van der Waals surface area (Å²) in [6, 6.07) is 14.0. The van der Waals surface area contributed by atoms with E-state index in [2.05, 4.69) is 5.32 Å². The standard InChI is InChI=1S/C23H25N3O5/c1-3-12-25-19-9-4-5-10-20(19)26(23(25)30)13-11-22(29)31-15-21(28)24-18-8-6-7-17(14-18)16(2)27/h4-10,14H,3,11-13,15H2,1-2H3,(H,24,28). The zero-order valence-electron chi connectivity index (χ0n) is 17.6. The Bertz CT molecular complexity index is 1180. The van der Waals surface area contributed by atoms with Gasteiger partial charge in [0, 0.05) is 24.3 Å². The highest BCUT2D eigenvalue weighted by Gasteiger charge is 2.14. The summed E-state index contributed by atoms with van der Waals surface area (Å²) >= 11 is 0. The van der Waals surface area contributed by atoms with Gasteiger partial charge in [-0.2, -0.15) is 0 Å². The molecular weight excluding hydrogens is 398 g/mol. The Morgan fingerprint density at radius 2 is 1.65 bits per heavy atom. The van der Waals surface area contributed by atoms with Gasteiger partial charge in [0.15, 0.2) is 12.4 Å². The van der Waals surface area contributed by atoms with Crippen molar-refractivity contribution in [3.05, 3.63) is 64.6 Å². The number of aromatic nitrogens is 2. The van der Waals surface area contributed by atoms with Gasteiger partial charge in [-0.3, -0.25) is 23.5 Å². The van der Waals surface area contributed by atoms with Crippen molar-refractivity contribution in [2.24, 2.45) is 0 Å². The highest BCUT2D eigenvalue weighted by molar-refractivity contribution is 5.97. The Labute approximate surface area is 179 Å². The van der Waals surface area contributed by atoms with E-state index in [1.165, 1.54) is 6.92 Å². The van der Waals surface area contributed by atoms with Crippen LogP contribution in [-0.4, -0.2) is 33.4 Å². The van der Waals surface area contributed by atoms with Crippen molar-refractivity contribution in [3.8, 4) is 0 Å². The molecule has 0 atom stereocenters. The van der Waals surface area contributed by atoms with E-state index in [1.54, 1.807) is 33.4 Å². The number of ketones is 1. The third-order valence-electron chi connectivity index (χ3n) is 4.83. The summed E-state index contributed by atoms with van der Waals surface area (Å²) in [6.45, 7) is 3.75. The average Bonchev–Trinajstić information content (AvgIpc) is 3.02. The molecule has 1 heterocycles. The van der Waals surface area contributed by atoms with Gasteiger partial charge >= 0.3 is 11.7 Å². The van der Waals surface area contributed by atoms with Crippen molar-refractivity contribution < 1.29 is 19.1 Å². The number of Topliss-reactive ketones (excluding diaryl/α,β-unsaturated/α-hetero) is 1. The van der Waals surface area contributed by atoms with Crippen LogP contribution in [0.15, 0.2) is 53.3 Å². The fourth-order valence-electron chi connectivity index (χ4n) is 3.36. The Kier molecular flexibility index (Phi) is 7.02. The number of imidazole rings is 1. The van der Waals surface area contributed by atoms with E-state index in [0.29, 0.717) is 17.8 Å². The molecule has 0 aliphatic rings. The van der Waals surface area contributed by atoms with E-state index in [1.807, 2.05) is 31.2 Å². The van der Waals surface area contributed by atoms with E-state index in [-0.39, 0.29) is 24.4 Å². The summed E-state index contributed by atoms with van der Waals surface area (Å²) in [5, 5.41) is 2.59. The first-order valence-corrected chi connectivity index (χ1v) is 10.1. The maximum Gasteiger partial charge on any atom is 0.329 e. The number of carbonyl (C=O) groups is 3. The molecule has 8 heteroatoms. The number of hydrogen-bond donors (Lipinski definition) is 1. The quantitative estimate of drug-likeness (QED) is 0.421. The Morgan fingerprint density at radius 1 is 0.968 bits per heavy atom. The fourth-order valence-corrected chi connectivity index (χ4v) is 3.36. The van der Waals surface area contributed by atoms with Crippen molar-refractivity contribution >= 4 is 34.4 Å². The van der Waals surface area contributed by atoms with E-state index in [0.717, 1.165) is 17.5 Å². The molecule has 0 fully saturated rings. The fraction of sp³-hybridized carbons (Fsp3) is 0.304. The number of carbonyl (C=O) groups excluding carboxylic acids is 3. The molecule has 0 unspecified atom stereocenters. The summed E-state index contributed by atoms with van der Waals surface area (Å²) < 4.78 is 8.29. The van der Waals surface area contributed by atoms with Crippen molar-refractivity contribution in [1.29, 1.82) is 0 Å². The van der Waals surface area contributed by atoms with E-state index in [4.69, 9.17) is 4.74 Å². The number of aryl methyl sites for hydroxylation is 2. The largest absolute Gasteiger partial charge is 0.456 e. The molecule has 1 aromatic heterocycles. The highest BCUT2D eigenvalue weighted by Crippen LogP contribution is 2.14. The van der Waals surface area contributed by atoms with Crippen LogP contribution < -0.4 is 11.0 Å². The third-order valence-corrected chi connectivity index (χ3v) is 4.83. The van der Waals surface area contributed by atoms with Gasteiger partial charge in [0.25, 0.3) is 5.91 Å². The number of nitrogens with zero attached hydrogens (tertiary/aromatic N) is 2. The lowest BCUT2D eigenvalue weighted by molar-refractivity contribution is -0.147. The predicted molar refractivity (Wildman–Crippen MR) is 117 cm³/mol. The third kappa shape index (κ3) is 5.28. The lowest BCUT2D eigenvalue weighted by Crippen LogP contribution is -2.26. The van der Waals surface area contributed by atoms with Crippen molar-refractivity contribution in [1.82, 2.24) is 9.13 Å². The topological polar surface area (TPSA) is 99.4 Å². The van der Waals surface area contributed by atoms with Crippen molar-refractivity contribution in [2.45, 2.75) is 39.8 Å². The molecule has 0 spiro atoms. The van der Waals surface area contributed by atoms with Crippen LogP contribution in [0.3, 0.4) is 0 Å². The smallest absolute Gasteiger partial charge is 0.329 e. The second kappa shape index (κ2) is 9.88. The Hall–Kier alpha value is -3.68. The monoisotopic (exact) mass is 423 g/mol. The van der Waals surface area contributed by atoms with Gasteiger partial charge in [0.2, 0.25) is 0 Å². The van der Waals surface area contributed by atoms with Gasteiger partial charge in [0.05, 0.1) is 17.5 Å². The van der Waals surface area contributed by atoms with Gasteiger partial charge in [-0.05, 0) is 37.6 Å². The molecule has 1 amide bonds. The van der Waals surface area contributed by atoms with Crippen LogP contribution in [0.5, 0.6) is 0 Å². The molecule has 3 aromatic rings.